The highest BCUT2D eigenvalue weighted by molar-refractivity contribution is 7.11. The molecule has 0 radical (unpaired) electrons. The minimum absolute atomic E-state index is 0.171. The summed E-state index contributed by atoms with van der Waals surface area (Å²) in [6.07, 6.45) is 2.77. The summed E-state index contributed by atoms with van der Waals surface area (Å²) in [6, 6.07) is 5.20. The van der Waals surface area contributed by atoms with E-state index in [0.717, 1.165) is 36.0 Å². The van der Waals surface area contributed by atoms with Gasteiger partial charge in [0.1, 0.15) is 5.82 Å². The molecular formula is C19H28FN5S. The van der Waals surface area contributed by atoms with Crippen molar-refractivity contribution in [2.45, 2.75) is 33.4 Å². The number of halogens is 1. The average Bonchev–Trinajstić information content (AvgIpc) is 3.00. The largest absolute Gasteiger partial charge is 0.357 e. The molecule has 26 heavy (non-hydrogen) atoms. The van der Waals surface area contributed by atoms with Gasteiger partial charge < -0.3 is 15.5 Å². The first-order valence-corrected chi connectivity index (χ1v) is 9.65. The van der Waals surface area contributed by atoms with Gasteiger partial charge in [0.2, 0.25) is 0 Å². The van der Waals surface area contributed by atoms with Crippen LogP contribution in [0, 0.1) is 12.7 Å². The van der Waals surface area contributed by atoms with Gasteiger partial charge in [0, 0.05) is 42.7 Å². The van der Waals surface area contributed by atoms with Crippen molar-refractivity contribution in [2.24, 2.45) is 4.99 Å². The van der Waals surface area contributed by atoms with Crippen molar-refractivity contribution in [3.63, 3.8) is 0 Å². The van der Waals surface area contributed by atoms with Crippen LogP contribution in [0.1, 0.15) is 27.9 Å². The van der Waals surface area contributed by atoms with Crippen molar-refractivity contribution in [2.75, 3.05) is 27.2 Å². The van der Waals surface area contributed by atoms with Crippen LogP contribution in [0.2, 0.25) is 0 Å². The molecule has 0 aliphatic rings. The number of thiazole rings is 1. The zero-order chi connectivity index (χ0) is 18.9. The number of benzene rings is 1. The molecule has 2 rings (SSSR count). The van der Waals surface area contributed by atoms with Crippen molar-refractivity contribution in [3.8, 4) is 0 Å². The Morgan fingerprint density at radius 1 is 1.31 bits per heavy atom. The van der Waals surface area contributed by atoms with Crippen molar-refractivity contribution in [1.29, 1.82) is 0 Å². The van der Waals surface area contributed by atoms with Crippen LogP contribution in [0.15, 0.2) is 29.4 Å². The molecule has 1 aromatic heterocycles. The van der Waals surface area contributed by atoms with Crippen LogP contribution in [0.25, 0.3) is 0 Å². The number of nitrogens with one attached hydrogen (secondary N) is 2. The van der Waals surface area contributed by atoms with E-state index in [1.807, 2.05) is 38.2 Å². The van der Waals surface area contributed by atoms with Gasteiger partial charge in [-0.3, -0.25) is 0 Å². The minimum atomic E-state index is -0.171. The van der Waals surface area contributed by atoms with E-state index in [2.05, 4.69) is 27.5 Å². The number of aromatic nitrogens is 1. The minimum Gasteiger partial charge on any atom is -0.357 e. The monoisotopic (exact) mass is 377 g/mol. The standard InChI is InChI=1S/C19H28FN5S/c1-5-21-19(22-9-8-18-23-11-14(2)26-18)24-12-15-6-7-17(20)16(10-15)13-25(3)4/h6-7,10-11H,5,8-9,12-13H2,1-4H3,(H2,21,22,24). The second-order valence-electron chi connectivity index (χ2n) is 6.40. The molecule has 7 heteroatoms. The normalized spacial score (nSPS) is 11.8. The van der Waals surface area contributed by atoms with Crippen molar-refractivity contribution < 1.29 is 4.39 Å². The summed E-state index contributed by atoms with van der Waals surface area (Å²) in [4.78, 5) is 12.2. The Balaban J connectivity index is 1.95. The molecule has 142 valence electrons. The first-order chi connectivity index (χ1) is 12.5. The summed E-state index contributed by atoms with van der Waals surface area (Å²) in [5, 5.41) is 7.70. The van der Waals surface area contributed by atoms with Crippen molar-refractivity contribution in [1.82, 2.24) is 20.5 Å². The fourth-order valence-electron chi connectivity index (χ4n) is 2.51. The van der Waals surface area contributed by atoms with E-state index in [1.165, 1.54) is 10.9 Å². The van der Waals surface area contributed by atoms with E-state index in [-0.39, 0.29) is 5.82 Å². The van der Waals surface area contributed by atoms with Crippen molar-refractivity contribution in [3.05, 3.63) is 51.2 Å². The van der Waals surface area contributed by atoms with Crippen molar-refractivity contribution >= 4 is 17.3 Å². The Morgan fingerprint density at radius 3 is 2.77 bits per heavy atom. The topological polar surface area (TPSA) is 52.6 Å². The first-order valence-electron chi connectivity index (χ1n) is 8.83. The number of guanidine groups is 1. The Bertz CT molecular complexity index is 726. The average molecular weight is 378 g/mol. The molecule has 0 spiro atoms. The molecule has 2 N–H and O–H groups in total. The van der Waals surface area contributed by atoms with E-state index in [9.17, 15) is 4.39 Å². The van der Waals surface area contributed by atoms with Crippen LogP contribution >= 0.6 is 11.3 Å². The third-order valence-electron chi connectivity index (χ3n) is 3.66. The van der Waals surface area contributed by atoms with Crippen LogP contribution in [-0.4, -0.2) is 43.0 Å². The second-order valence-corrected chi connectivity index (χ2v) is 7.72. The highest BCUT2D eigenvalue weighted by Gasteiger charge is 2.06. The van der Waals surface area contributed by atoms with E-state index >= 15 is 0 Å². The highest BCUT2D eigenvalue weighted by Crippen LogP contribution is 2.13. The molecule has 0 amide bonds. The van der Waals surface area contributed by atoms with E-state index in [1.54, 1.807) is 17.4 Å². The molecule has 0 atom stereocenters. The van der Waals surface area contributed by atoms with E-state index in [4.69, 9.17) is 0 Å². The molecular weight excluding hydrogens is 349 g/mol. The molecule has 0 saturated heterocycles. The SMILES string of the molecule is CCNC(=NCc1ccc(F)c(CN(C)C)c1)NCCc1ncc(C)s1. The lowest BCUT2D eigenvalue weighted by Crippen LogP contribution is -2.38. The van der Waals surface area contributed by atoms with Gasteiger partial charge in [0.05, 0.1) is 11.6 Å². The van der Waals surface area contributed by atoms with Gasteiger partial charge in [0.15, 0.2) is 5.96 Å². The molecule has 0 bridgehead atoms. The maximum absolute atomic E-state index is 13.9. The van der Waals surface area contributed by atoms with Crippen LogP contribution in [-0.2, 0) is 19.5 Å². The van der Waals surface area contributed by atoms with Gasteiger partial charge in [-0.2, -0.15) is 0 Å². The molecule has 0 aliphatic heterocycles. The predicted molar refractivity (Wildman–Crippen MR) is 107 cm³/mol. The third-order valence-corrected chi connectivity index (χ3v) is 4.63. The van der Waals surface area contributed by atoms with Gasteiger partial charge in [-0.25, -0.2) is 14.4 Å². The maximum atomic E-state index is 13.9. The molecule has 1 aromatic carbocycles. The predicted octanol–water partition coefficient (Wildman–Crippen LogP) is 2.95. The van der Waals surface area contributed by atoms with Crippen LogP contribution < -0.4 is 10.6 Å². The van der Waals surface area contributed by atoms with Gasteiger partial charge in [0.25, 0.3) is 0 Å². The number of aryl methyl sites for hydroxylation is 1. The van der Waals surface area contributed by atoms with Gasteiger partial charge in [-0.05, 0) is 45.6 Å². The number of hydrogen-bond donors (Lipinski definition) is 2. The summed E-state index contributed by atoms with van der Waals surface area (Å²) in [7, 11) is 3.86. The van der Waals surface area contributed by atoms with Gasteiger partial charge >= 0.3 is 0 Å². The summed E-state index contributed by atoms with van der Waals surface area (Å²) in [5.41, 5.74) is 1.69. The molecule has 0 unspecified atom stereocenters. The molecule has 5 nitrogen and oxygen atoms in total. The Hall–Kier alpha value is -1.99. The zero-order valence-electron chi connectivity index (χ0n) is 16.0. The first kappa shape index (κ1) is 20.3. The van der Waals surface area contributed by atoms with Crippen LogP contribution in [0.5, 0.6) is 0 Å². The zero-order valence-corrected chi connectivity index (χ0v) is 16.8. The summed E-state index contributed by atoms with van der Waals surface area (Å²) < 4.78 is 13.9. The number of aliphatic imine (C=N–C) groups is 1. The molecule has 0 saturated carbocycles. The van der Waals surface area contributed by atoms with Crippen LogP contribution in [0.4, 0.5) is 4.39 Å². The molecule has 0 aliphatic carbocycles. The fourth-order valence-corrected chi connectivity index (χ4v) is 3.29. The number of nitrogens with zero attached hydrogens (tertiary/aromatic N) is 3. The summed E-state index contributed by atoms with van der Waals surface area (Å²) in [6.45, 7) is 6.74. The molecule has 0 fully saturated rings. The lowest BCUT2D eigenvalue weighted by molar-refractivity contribution is 0.392. The highest BCUT2D eigenvalue weighted by atomic mass is 32.1. The van der Waals surface area contributed by atoms with E-state index in [0.29, 0.717) is 18.7 Å². The summed E-state index contributed by atoms with van der Waals surface area (Å²) in [5.74, 6) is 0.592. The van der Waals surface area contributed by atoms with Crippen LogP contribution in [0.3, 0.4) is 0 Å². The lowest BCUT2D eigenvalue weighted by atomic mass is 10.1. The number of rotatable bonds is 8. The fraction of sp³-hybridized carbons (Fsp3) is 0.474. The molecule has 2 aromatic rings. The Kier molecular flexibility index (Phi) is 8.00. The lowest BCUT2D eigenvalue weighted by Gasteiger charge is -2.13. The third kappa shape index (κ3) is 6.72. The quantitative estimate of drug-likeness (QED) is 0.549. The van der Waals surface area contributed by atoms with E-state index < -0.39 is 0 Å². The summed E-state index contributed by atoms with van der Waals surface area (Å²) >= 11 is 1.72. The number of hydrogen-bond acceptors (Lipinski definition) is 4. The smallest absolute Gasteiger partial charge is 0.191 e. The molecule has 1 heterocycles. The van der Waals surface area contributed by atoms with Gasteiger partial charge in [-0.1, -0.05) is 6.07 Å². The maximum Gasteiger partial charge on any atom is 0.191 e. The second kappa shape index (κ2) is 10.2. The Labute approximate surface area is 159 Å². The Morgan fingerprint density at radius 2 is 2.12 bits per heavy atom. The van der Waals surface area contributed by atoms with Gasteiger partial charge in [-0.15, -0.1) is 11.3 Å².